The summed E-state index contributed by atoms with van der Waals surface area (Å²) in [7, 11) is 0. The highest BCUT2D eigenvalue weighted by Crippen LogP contribution is 2.44. The van der Waals surface area contributed by atoms with E-state index in [0.29, 0.717) is 79.0 Å². The molecule has 1 aromatic heterocycles. The predicted octanol–water partition coefficient (Wildman–Crippen LogP) is 5.80. The fourth-order valence-corrected chi connectivity index (χ4v) is 10.2. The first-order chi connectivity index (χ1) is 29.6. The number of hydrogen-bond acceptors (Lipinski definition) is 9. The molecule has 4 amide bonds. The topological polar surface area (TPSA) is 172 Å². The van der Waals surface area contributed by atoms with Gasteiger partial charge in [0.25, 0.3) is 11.8 Å². The number of nitrogens with one attached hydrogen (secondary N) is 2. The molecule has 5 aliphatic rings. The Morgan fingerprint density at radius 2 is 1.61 bits per heavy atom. The van der Waals surface area contributed by atoms with Crippen molar-refractivity contribution in [2.24, 2.45) is 17.1 Å². The summed E-state index contributed by atoms with van der Waals surface area (Å²) in [5, 5.41) is 11.6. The smallest absolute Gasteiger partial charge is 0.254 e. The molecule has 3 aromatic carbocycles. The van der Waals surface area contributed by atoms with Crippen LogP contribution in [0.2, 0.25) is 0 Å². The van der Waals surface area contributed by atoms with Crippen molar-refractivity contribution in [2.75, 3.05) is 56.0 Å². The zero-order valence-corrected chi connectivity index (χ0v) is 34.5. The first-order valence-electron chi connectivity index (χ1n) is 21.8. The Kier molecular flexibility index (Phi) is 11.4. The maximum Gasteiger partial charge on any atom is 0.254 e. The molecule has 318 valence electrons. The monoisotopic (exact) mass is 826 g/mol. The number of anilines is 2. The van der Waals surface area contributed by atoms with Gasteiger partial charge in [0.1, 0.15) is 34.4 Å². The molecule has 4 fully saturated rings. The van der Waals surface area contributed by atoms with E-state index in [1.54, 1.807) is 23.1 Å². The van der Waals surface area contributed by atoms with Crippen LogP contribution >= 0.6 is 0 Å². The van der Waals surface area contributed by atoms with Crippen LogP contribution in [0.3, 0.4) is 0 Å². The lowest BCUT2D eigenvalue weighted by molar-refractivity contribution is -0.134. The van der Waals surface area contributed by atoms with Crippen molar-refractivity contribution in [3.63, 3.8) is 0 Å². The number of Topliss-reactive ketones (excluding diaryl/α,β-unsaturated/α-hetero) is 1. The predicted molar refractivity (Wildman–Crippen MR) is 230 cm³/mol. The molecule has 61 heavy (non-hydrogen) atoms. The van der Waals surface area contributed by atoms with Gasteiger partial charge in [0, 0.05) is 81.5 Å². The summed E-state index contributed by atoms with van der Waals surface area (Å²) in [5.74, 6) is 1.69. The quantitative estimate of drug-likeness (QED) is 0.158. The number of fused-ring (bicyclic) bond motifs is 1. The second kappa shape index (κ2) is 17.2. The maximum absolute atomic E-state index is 13.4. The van der Waals surface area contributed by atoms with Crippen LogP contribution in [0.25, 0.3) is 11.3 Å². The summed E-state index contributed by atoms with van der Waals surface area (Å²) >= 11 is 0. The number of benzene rings is 3. The lowest BCUT2D eigenvalue weighted by Gasteiger charge is -2.53. The van der Waals surface area contributed by atoms with E-state index >= 15 is 0 Å². The van der Waals surface area contributed by atoms with Gasteiger partial charge >= 0.3 is 0 Å². The summed E-state index contributed by atoms with van der Waals surface area (Å²) < 4.78 is 7.94. The summed E-state index contributed by atoms with van der Waals surface area (Å²) in [6.07, 6.45) is 7.29. The van der Waals surface area contributed by atoms with Crippen LogP contribution in [-0.2, 0) is 14.4 Å². The number of ketones is 1. The number of piperidine rings is 2. The van der Waals surface area contributed by atoms with Crippen molar-refractivity contribution in [1.82, 2.24) is 24.9 Å². The molecule has 1 atom stereocenters. The van der Waals surface area contributed by atoms with Gasteiger partial charge < -0.3 is 35.8 Å². The summed E-state index contributed by atoms with van der Waals surface area (Å²) in [4.78, 5) is 69.6. The van der Waals surface area contributed by atoms with Crippen molar-refractivity contribution in [3.8, 4) is 22.8 Å². The van der Waals surface area contributed by atoms with E-state index in [4.69, 9.17) is 15.6 Å². The number of carbonyl (C=O) groups is 5. The van der Waals surface area contributed by atoms with Crippen LogP contribution in [0.15, 0.2) is 78.9 Å². The molecule has 0 bridgehead atoms. The fraction of sp³-hybridized carbons (Fsp3) is 0.447. The Morgan fingerprint density at radius 3 is 2.33 bits per heavy atom. The number of hydrogen-bond donors (Lipinski definition) is 3. The standard InChI is InChI=1S/C47H54N8O6/c48-44(59)42-43(32-9-11-38(12-10-32)61-37-7-2-1-3-8-37)51-55-39(15-22-49-45(42)55)31-16-24-53(25-17-31)40(57)19-23-52-29-47(30-52)20-13-34(14-21-47)50-46(60)33-5-4-6-35(27-33)54-26-18-36(56)28-41(54)58/h1-12,27,31,34,39,49H,13-26,28-30H2,(H2,48,59)(H,50,60)/t39-/m0/s1. The van der Waals surface area contributed by atoms with E-state index in [0.717, 1.165) is 75.9 Å². The molecule has 1 aliphatic carbocycles. The van der Waals surface area contributed by atoms with Crippen LogP contribution in [-0.4, -0.2) is 101 Å². The summed E-state index contributed by atoms with van der Waals surface area (Å²) in [6.45, 7) is 5.21. The van der Waals surface area contributed by atoms with Gasteiger partial charge in [0.05, 0.1) is 12.5 Å². The number of nitrogens with two attached hydrogens (primary N) is 1. The number of rotatable bonds is 11. The van der Waals surface area contributed by atoms with E-state index in [9.17, 15) is 24.0 Å². The Labute approximate surface area is 355 Å². The van der Waals surface area contributed by atoms with Crippen molar-refractivity contribution in [3.05, 3.63) is 90.0 Å². The zero-order chi connectivity index (χ0) is 42.1. The summed E-state index contributed by atoms with van der Waals surface area (Å²) in [6, 6.07) is 24.4. The molecule has 5 heterocycles. The number of primary amides is 1. The molecule has 1 spiro atoms. The van der Waals surface area contributed by atoms with Crippen LogP contribution in [0.5, 0.6) is 11.5 Å². The van der Waals surface area contributed by atoms with Gasteiger partial charge in [-0.1, -0.05) is 24.3 Å². The second-order valence-corrected chi connectivity index (χ2v) is 17.6. The molecule has 3 saturated heterocycles. The van der Waals surface area contributed by atoms with Crippen molar-refractivity contribution in [2.45, 2.75) is 76.3 Å². The molecule has 0 radical (unpaired) electrons. The van der Waals surface area contributed by atoms with Crippen molar-refractivity contribution in [1.29, 1.82) is 0 Å². The van der Waals surface area contributed by atoms with Crippen molar-refractivity contribution < 1.29 is 28.7 Å². The first kappa shape index (κ1) is 40.4. The molecule has 4 N–H and O–H groups in total. The molecule has 4 aliphatic heterocycles. The van der Waals surface area contributed by atoms with E-state index in [-0.39, 0.29) is 47.4 Å². The van der Waals surface area contributed by atoms with Gasteiger partial charge in [-0.05, 0) is 111 Å². The van der Waals surface area contributed by atoms with Gasteiger partial charge in [0.15, 0.2) is 0 Å². The molecule has 0 unspecified atom stereocenters. The van der Waals surface area contributed by atoms with Crippen LogP contribution in [0.1, 0.15) is 91.0 Å². The van der Waals surface area contributed by atoms with Crippen molar-refractivity contribution >= 4 is 40.9 Å². The average Bonchev–Trinajstić information content (AvgIpc) is 3.67. The third-order valence-corrected chi connectivity index (χ3v) is 13.6. The molecular formula is C47H54N8O6. The Hall–Kier alpha value is -6.02. The third-order valence-electron chi connectivity index (χ3n) is 13.6. The van der Waals surface area contributed by atoms with Crippen LogP contribution in [0, 0.1) is 11.3 Å². The van der Waals surface area contributed by atoms with Gasteiger partial charge in [-0.2, -0.15) is 5.10 Å². The number of aromatic nitrogens is 2. The fourth-order valence-electron chi connectivity index (χ4n) is 10.2. The Balaban J connectivity index is 0.724. The molecule has 9 rings (SSSR count). The highest BCUT2D eigenvalue weighted by molar-refractivity contribution is 6.09. The highest BCUT2D eigenvalue weighted by atomic mass is 16.5. The van der Waals surface area contributed by atoms with E-state index < -0.39 is 5.91 Å². The van der Waals surface area contributed by atoms with Gasteiger partial charge in [-0.3, -0.25) is 24.0 Å². The lowest BCUT2D eigenvalue weighted by atomic mass is 9.67. The number of para-hydroxylation sites is 1. The molecule has 4 aromatic rings. The van der Waals surface area contributed by atoms with Gasteiger partial charge in [0.2, 0.25) is 11.8 Å². The van der Waals surface area contributed by atoms with Crippen LogP contribution in [0.4, 0.5) is 11.5 Å². The first-order valence-corrected chi connectivity index (χ1v) is 21.8. The minimum absolute atomic E-state index is 0.0443. The lowest BCUT2D eigenvalue weighted by Crippen LogP contribution is -2.59. The van der Waals surface area contributed by atoms with Gasteiger partial charge in [-0.15, -0.1) is 0 Å². The normalized spacial score (nSPS) is 20.8. The highest BCUT2D eigenvalue weighted by Gasteiger charge is 2.45. The Bertz CT molecular complexity index is 2290. The molecule has 14 heteroatoms. The Morgan fingerprint density at radius 1 is 0.869 bits per heavy atom. The largest absolute Gasteiger partial charge is 0.457 e. The number of nitrogens with zero attached hydrogens (tertiary/aromatic N) is 5. The van der Waals surface area contributed by atoms with E-state index in [1.807, 2.05) is 70.2 Å². The molecule has 1 saturated carbocycles. The minimum Gasteiger partial charge on any atom is -0.457 e. The number of carbonyl (C=O) groups excluding carboxylic acids is 5. The zero-order valence-electron chi connectivity index (χ0n) is 34.5. The van der Waals surface area contributed by atoms with E-state index in [2.05, 4.69) is 15.5 Å². The number of ether oxygens (including phenoxy) is 1. The third kappa shape index (κ3) is 8.63. The second-order valence-electron chi connectivity index (χ2n) is 17.6. The molecular weight excluding hydrogens is 773 g/mol. The molecule has 14 nitrogen and oxygen atoms in total. The SMILES string of the molecule is NC(=O)c1c(-c2ccc(Oc3ccccc3)cc2)nn2c1NCC[C@H]2C1CCN(C(=O)CCN2CC3(CCC(NC(=O)c4cccc(N5CCC(=O)CC5=O)c4)CC3)C2)CC1. The van der Waals surface area contributed by atoms with Gasteiger partial charge in [-0.25, -0.2) is 4.68 Å². The minimum atomic E-state index is -0.521. The van der Waals surface area contributed by atoms with E-state index in [1.165, 1.54) is 0 Å². The number of amides is 4. The summed E-state index contributed by atoms with van der Waals surface area (Å²) in [5.41, 5.74) is 9.13. The maximum atomic E-state index is 13.4. The number of likely N-dealkylation sites (tertiary alicyclic amines) is 2. The van der Waals surface area contributed by atoms with Crippen LogP contribution < -0.4 is 26.0 Å². The average molecular weight is 827 g/mol.